The fourth-order valence-corrected chi connectivity index (χ4v) is 0.877. The van der Waals surface area contributed by atoms with E-state index in [1.54, 1.807) is 0 Å². The first-order chi connectivity index (χ1) is 7.16. The third-order valence-corrected chi connectivity index (χ3v) is 1.56. The van der Waals surface area contributed by atoms with Gasteiger partial charge in [-0.2, -0.15) is 0 Å². The standard InChI is InChI=1S/C9H18F2O4/c10-9(11)7-15-6-8(13)5-14-4-2-1-3-12/h8-9,12-13H,1-7H2. The minimum Gasteiger partial charge on any atom is -0.396 e. The summed E-state index contributed by atoms with van der Waals surface area (Å²) in [4.78, 5) is 0. The number of alkyl halides is 2. The second kappa shape index (κ2) is 10.2. The smallest absolute Gasteiger partial charge is 0.261 e. The molecule has 0 heterocycles. The molecular weight excluding hydrogens is 210 g/mol. The van der Waals surface area contributed by atoms with Crippen molar-refractivity contribution in [3.8, 4) is 0 Å². The van der Waals surface area contributed by atoms with E-state index in [0.29, 0.717) is 19.4 Å². The van der Waals surface area contributed by atoms with Crippen LogP contribution in [0.15, 0.2) is 0 Å². The Morgan fingerprint density at radius 2 is 1.67 bits per heavy atom. The first-order valence-corrected chi connectivity index (χ1v) is 4.89. The molecule has 0 aromatic rings. The molecule has 0 fully saturated rings. The summed E-state index contributed by atoms with van der Waals surface area (Å²) in [6, 6.07) is 0. The van der Waals surface area contributed by atoms with Gasteiger partial charge < -0.3 is 19.7 Å². The van der Waals surface area contributed by atoms with Gasteiger partial charge >= 0.3 is 0 Å². The Kier molecular flexibility index (Phi) is 10.0. The van der Waals surface area contributed by atoms with Crippen LogP contribution in [0.5, 0.6) is 0 Å². The summed E-state index contributed by atoms with van der Waals surface area (Å²) >= 11 is 0. The van der Waals surface area contributed by atoms with E-state index in [-0.39, 0.29) is 19.8 Å². The van der Waals surface area contributed by atoms with Crippen molar-refractivity contribution in [3.63, 3.8) is 0 Å². The summed E-state index contributed by atoms with van der Waals surface area (Å²) in [6.07, 6.45) is -2.03. The molecule has 0 aromatic carbocycles. The molecule has 0 bridgehead atoms. The van der Waals surface area contributed by atoms with Crippen molar-refractivity contribution < 1.29 is 28.5 Å². The molecule has 6 heteroatoms. The van der Waals surface area contributed by atoms with E-state index in [9.17, 15) is 13.9 Å². The number of hydrogen-bond acceptors (Lipinski definition) is 4. The second-order valence-electron chi connectivity index (χ2n) is 3.09. The molecule has 0 saturated heterocycles. The molecule has 1 unspecified atom stereocenters. The quantitative estimate of drug-likeness (QED) is 0.532. The van der Waals surface area contributed by atoms with Gasteiger partial charge in [0.15, 0.2) is 0 Å². The predicted octanol–water partition coefficient (Wildman–Crippen LogP) is 0.418. The van der Waals surface area contributed by atoms with Crippen LogP contribution in [0.1, 0.15) is 12.8 Å². The van der Waals surface area contributed by atoms with Crippen LogP contribution in [0.25, 0.3) is 0 Å². The third-order valence-electron chi connectivity index (χ3n) is 1.56. The lowest BCUT2D eigenvalue weighted by molar-refractivity contribution is -0.0468. The third kappa shape index (κ3) is 11.6. The van der Waals surface area contributed by atoms with Gasteiger partial charge in [-0.3, -0.25) is 0 Å². The molecule has 0 aromatic heterocycles. The zero-order valence-corrected chi connectivity index (χ0v) is 8.57. The van der Waals surface area contributed by atoms with Gasteiger partial charge in [0, 0.05) is 13.2 Å². The predicted molar refractivity (Wildman–Crippen MR) is 50.0 cm³/mol. The molecular formula is C9H18F2O4. The summed E-state index contributed by atoms with van der Waals surface area (Å²) < 4.78 is 32.8. The number of hydrogen-bond donors (Lipinski definition) is 2. The Hall–Kier alpha value is -0.300. The highest BCUT2D eigenvalue weighted by atomic mass is 19.3. The van der Waals surface area contributed by atoms with Crippen molar-refractivity contribution in [2.45, 2.75) is 25.4 Å². The first kappa shape index (κ1) is 14.7. The molecule has 4 nitrogen and oxygen atoms in total. The lowest BCUT2D eigenvalue weighted by Crippen LogP contribution is -2.23. The summed E-state index contributed by atoms with van der Waals surface area (Å²) in [5.74, 6) is 0. The van der Waals surface area contributed by atoms with Gasteiger partial charge in [0.05, 0.1) is 13.2 Å². The van der Waals surface area contributed by atoms with Crippen molar-refractivity contribution >= 4 is 0 Å². The van der Waals surface area contributed by atoms with Crippen LogP contribution in [-0.2, 0) is 9.47 Å². The monoisotopic (exact) mass is 228 g/mol. The molecule has 15 heavy (non-hydrogen) atoms. The van der Waals surface area contributed by atoms with Crippen LogP contribution in [0.3, 0.4) is 0 Å². The van der Waals surface area contributed by atoms with Crippen LogP contribution in [-0.4, -0.2) is 55.8 Å². The minimum absolute atomic E-state index is 0.0642. The maximum Gasteiger partial charge on any atom is 0.261 e. The number of halogens is 2. The van der Waals surface area contributed by atoms with Gasteiger partial charge in [0.25, 0.3) is 6.43 Å². The van der Waals surface area contributed by atoms with Crippen molar-refractivity contribution in [1.29, 1.82) is 0 Å². The molecule has 0 amide bonds. The fourth-order valence-electron chi connectivity index (χ4n) is 0.877. The van der Waals surface area contributed by atoms with E-state index >= 15 is 0 Å². The Labute approximate surface area is 87.8 Å². The van der Waals surface area contributed by atoms with Crippen molar-refractivity contribution in [1.82, 2.24) is 0 Å². The molecule has 1 atom stereocenters. The summed E-state index contributed by atoms with van der Waals surface area (Å²) in [6.45, 7) is -0.198. The number of unbranched alkanes of at least 4 members (excludes halogenated alkanes) is 1. The van der Waals surface area contributed by atoms with Gasteiger partial charge in [-0.1, -0.05) is 0 Å². The van der Waals surface area contributed by atoms with Gasteiger partial charge in [-0.25, -0.2) is 8.78 Å². The van der Waals surface area contributed by atoms with Crippen LogP contribution in [0.2, 0.25) is 0 Å². The van der Waals surface area contributed by atoms with E-state index in [2.05, 4.69) is 4.74 Å². The molecule has 0 aliphatic carbocycles. The molecule has 0 radical (unpaired) electrons. The van der Waals surface area contributed by atoms with Crippen LogP contribution in [0.4, 0.5) is 8.78 Å². The summed E-state index contributed by atoms with van der Waals surface area (Å²) in [5.41, 5.74) is 0. The maximum atomic E-state index is 11.6. The first-order valence-electron chi connectivity index (χ1n) is 4.89. The van der Waals surface area contributed by atoms with Gasteiger partial charge in [0.2, 0.25) is 0 Å². The van der Waals surface area contributed by atoms with Crippen molar-refractivity contribution in [3.05, 3.63) is 0 Å². The zero-order valence-electron chi connectivity index (χ0n) is 8.57. The molecule has 0 spiro atoms. The fraction of sp³-hybridized carbons (Fsp3) is 1.00. The van der Waals surface area contributed by atoms with Gasteiger partial charge in [0.1, 0.15) is 12.7 Å². The Balaban J connectivity index is 3.15. The second-order valence-corrected chi connectivity index (χ2v) is 3.09. The van der Waals surface area contributed by atoms with E-state index in [1.807, 2.05) is 0 Å². The zero-order chi connectivity index (χ0) is 11.5. The normalized spacial score (nSPS) is 13.4. The number of aliphatic hydroxyl groups is 2. The lowest BCUT2D eigenvalue weighted by atomic mass is 10.3. The Morgan fingerprint density at radius 1 is 1.00 bits per heavy atom. The van der Waals surface area contributed by atoms with Crippen molar-refractivity contribution in [2.75, 3.05) is 33.0 Å². The topological polar surface area (TPSA) is 58.9 Å². The van der Waals surface area contributed by atoms with Crippen LogP contribution >= 0.6 is 0 Å². The van der Waals surface area contributed by atoms with E-state index in [0.717, 1.165) is 0 Å². The van der Waals surface area contributed by atoms with Crippen LogP contribution < -0.4 is 0 Å². The van der Waals surface area contributed by atoms with E-state index in [4.69, 9.17) is 9.84 Å². The minimum atomic E-state index is -2.51. The molecule has 0 saturated carbocycles. The number of aliphatic hydroxyl groups excluding tert-OH is 2. The SMILES string of the molecule is OCCCCOCC(O)COCC(F)F. The van der Waals surface area contributed by atoms with E-state index in [1.165, 1.54) is 0 Å². The maximum absolute atomic E-state index is 11.6. The highest BCUT2D eigenvalue weighted by molar-refractivity contribution is 4.51. The highest BCUT2D eigenvalue weighted by Gasteiger charge is 2.07. The molecule has 0 aliphatic rings. The molecule has 92 valence electrons. The number of rotatable bonds is 10. The number of ether oxygens (including phenoxy) is 2. The average molecular weight is 228 g/mol. The van der Waals surface area contributed by atoms with Gasteiger partial charge in [-0.15, -0.1) is 0 Å². The highest BCUT2D eigenvalue weighted by Crippen LogP contribution is 1.95. The Morgan fingerprint density at radius 3 is 2.27 bits per heavy atom. The van der Waals surface area contributed by atoms with Crippen LogP contribution in [0, 0.1) is 0 Å². The largest absolute Gasteiger partial charge is 0.396 e. The van der Waals surface area contributed by atoms with Gasteiger partial charge in [-0.05, 0) is 12.8 Å². The average Bonchev–Trinajstić information content (AvgIpc) is 2.17. The molecule has 2 N–H and O–H groups in total. The summed E-state index contributed by atoms with van der Waals surface area (Å²) in [5, 5.41) is 17.6. The molecule has 0 aliphatic heterocycles. The Bertz CT molecular complexity index is 135. The summed E-state index contributed by atoms with van der Waals surface area (Å²) in [7, 11) is 0. The van der Waals surface area contributed by atoms with E-state index < -0.39 is 19.1 Å². The molecule has 0 rings (SSSR count). The van der Waals surface area contributed by atoms with Crippen molar-refractivity contribution in [2.24, 2.45) is 0 Å². The lowest BCUT2D eigenvalue weighted by Gasteiger charge is -2.11.